The maximum absolute atomic E-state index is 13.5. The van der Waals surface area contributed by atoms with Crippen LogP contribution < -0.4 is 10.6 Å². The van der Waals surface area contributed by atoms with E-state index in [2.05, 4.69) is 10.6 Å². The summed E-state index contributed by atoms with van der Waals surface area (Å²) in [6.07, 6.45) is 0.840. The maximum atomic E-state index is 13.5. The number of amides is 1. The Labute approximate surface area is 128 Å². The molecular formula is C16H15FN2OS. The molecule has 0 aromatic heterocycles. The minimum Gasteiger partial charge on any atom is -0.332 e. The van der Waals surface area contributed by atoms with Crippen molar-refractivity contribution in [3.63, 3.8) is 0 Å². The van der Waals surface area contributed by atoms with Crippen molar-refractivity contribution in [2.75, 3.05) is 5.32 Å². The zero-order valence-electron chi connectivity index (χ0n) is 11.5. The molecule has 0 aliphatic carbocycles. The molecule has 0 bridgehead atoms. The van der Waals surface area contributed by atoms with Crippen molar-refractivity contribution in [1.29, 1.82) is 0 Å². The Hall–Kier alpha value is -2.27. The van der Waals surface area contributed by atoms with Gasteiger partial charge in [0.1, 0.15) is 5.82 Å². The van der Waals surface area contributed by atoms with E-state index >= 15 is 0 Å². The molecule has 108 valence electrons. The summed E-state index contributed by atoms with van der Waals surface area (Å²) in [6, 6.07) is 13.4. The summed E-state index contributed by atoms with van der Waals surface area (Å²) in [6.45, 7) is 2.03. The lowest BCUT2D eigenvalue weighted by Gasteiger charge is -2.12. The second kappa shape index (κ2) is 6.95. The molecule has 2 aromatic carbocycles. The highest BCUT2D eigenvalue weighted by atomic mass is 32.1. The maximum Gasteiger partial charge on any atom is 0.260 e. The number of carbonyl (C=O) groups excluding carboxylic acids is 1. The minimum absolute atomic E-state index is 0.0366. The molecule has 0 heterocycles. The number of halogens is 1. The van der Waals surface area contributed by atoms with Crippen molar-refractivity contribution < 1.29 is 9.18 Å². The zero-order valence-corrected chi connectivity index (χ0v) is 12.3. The molecular weight excluding hydrogens is 287 g/mol. The Kier molecular flexibility index (Phi) is 5.00. The third-order valence-electron chi connectivity index (χ3n) is 2.99. The highest BCUT2D eigenvalue weighted by molar-refractivity contribution is 7.80. The average Bonchev–Trinajstić information content (AvgIpc) is 2.48. The summed E-state index contributed by atoms with van der Waals surface area (Å²) in [5.41, 5.74) is 1.88. The first-order chi connectivity index (χ1) is 10.1. The van der Waals surface area contributed by atoms with E-state index in [0.717, 1.165) is 17.7 Å². The van der Waals surface area contributed by atoms with E-state index in [1.807, 2.05) is 31.2 Å². The number of aryl methyl sites for hydroxylation is 1. The standard InChI is InChI=1S/C16H15FN2OS/c1-2-11-7-3-6-10-14(11)18-16(21)19-15(20)12-8-4-5-9-13(12)17/h3-10H,2H2,1H3,(H2,18,19,20,21). The lowest BCUT2D eigenvalue weighted by Crippen LogP contribution is -2.34. The van der Waals surface area contributed by atoms with Crippen LogP contribution in [-0.2, 0) is 6.42 Å². The Morgan fingerprint density at radius 1 is 1.14 bits per heavy atom. The summed E-state index contributed by atoms with van der Waals surface area (Å²) < 4.78 is 13.5. The monoisotopic (exact) mass is 302 g/mol. The fraction of sp³-hybridized carbons (Fsp3) is 0.125. The quantitative estimate of drug-likeness (QED) is 0.852. The van der Waals surface area contributed by atoms with E-state index in [-0.39, 0.29) is 10.7 Å². The van der Waals surface area contributed by atoms with Gasteiger partial charge in [0.2, 0.25) is 0 Å². The van der Waals surface area contributed by atoms with Crippen molar-refractivity contribution in [2.45, 2.75) is 13.3 Å². The minimum atomic E-state index is -0.577. The second-order valence-corrected chi connectivity index (χ2v) is 4.81. The largest absolute Gasteiger partial charge is 0.332 e. The number of hydrogen-bond acceptors (Lipinski definition) is 2. The Morgan fingerprint density at radius 3 is 2.52 bits per heavy atom. The summed E-state index contributed by atoms with van der Waals surface area (Å²) in [5.74, 6) is -1.15. The molecule has 0 saturated carbocycles. The molecule has 0 saturated heterocycles. The van der Waals surface area contributed by atoms with E-state index in [9.17, 15) is 9.18 Å². The van der Waals surface area contributed by atoms with Crippen LogP contribution in [0.25, 0.3) is 0 Å². The zero-order chi connectivity index (χ0) is 15.2. The van der Waals surface area contributed by atoms with Gasteiger partial charge in [0.25, 0.3) is 5.91 Å². The number of benzene rings is 2. The van der Waals surface area contributed by atoms with Crippen molar-refractivity contribution >= 4 is 28.9 Å². The van der Waals surface area contributed by atoms with Gasteiger partial charge < -0.3 is 5.32 Å². The molecule has 0 atom stereocenters. The highest BCUT2D eigenvalue weighted by Gasteiger charge is 2.12. The van der Waals surface area contributed by atoms with Gasteiger partial charge in [-0.3, -0.25) is 10.1 Å². The van der Waals surface area contributed by atoms with Crippen LogP contribution in [0.5, 0.6) is 0 Å². The first-order valence-electron chi connectivity index (χ1n) is 6.56. The van der Waals surface area contributed by atoms with Crippen molar-refractivity contribution in [2.24, 2.45) is 0 Å². The number of para-hydroxylation sites is 1. The number of thiocarbonyl (C=S) groups is 1. The Bertz CT molecular complexity index is 673. The van der Waals surface area contributed by atoms with E-state index in [1.54, 1.807) is 6.07 Å². The van der Waals surface area contributed by atoms with Gasteiger partial charge in [-0.15, -0.1) is 0 Å². The molecule has 3 nitrogen and oxygen atoms in total. The molecule has 2 N–H and O–H groups in total. The molecule has 2 aromatic rings. The third-order valence-corrected chi connectivity index (χ3v) is 3.20. The van der Waals surface area contributed by atoms with Crippen LogP contribution in [0.3, 0.4) is 0 Å². The number of hydrogen-bond donors (Lipinski definition) is 2. The van der Waals surface area contributed by atoms with Gasteiger partial charge in [-0.05, 0) is 42.4 Å². The van der Waals surface area contributed by atoms with E-state index in [1.165, 1.54) is 18.2 Å². The van der Waals surface area contributed by atoms with Gasteiger partial charge in [-0.25, -0.2) is 4.39 Å². The molecule has 0 aliphatic heterocycles. The van der Waals surface area contributed by atoms with Gasteiger partial charge in [-0.1, -0.05) is 37.3 Å². The van der Waals surface area contributed by atoms with Crippen molar-refractivity contribution in [3.8, 4) is 0 Å². The van der Waals surface area contributed by atoms with Crippen LogP contribution in [0.15, 0.2) is 48.5 Å². The third kappa shape index (κ3) is 3.86. The molecule has 0 unspecified atom stereocenters. The fourth-order valence-corrected chi connectivity index (χ4v) is 2.12. The van der Waals surface area contributed by atoms with Crippen LogP contribution in [0, 0.1) is 5.82 Å². The Morgan fingerprint density at radius 2 is 1.81 bits per heavy atom. The summed E-state index contributed by atoms with van der Waals surface area (Å²) in [7, 11) is 0. The van der Waals surface area contributed by atoms with Crippen LogP contribution in [-0.4, -0.2) is 11.0 Å². The molecule has 0 fully saturated rings. The topological polar surface area (TPSA) is 41.1 Å². The van der Waals surface area contributed by atoms with Crippen LogP contribution in [0.1, 0.15) is 22.8 Å². The smallest absolute Gasteiger partial charge is 0.260 e. The lowest BCUT2D eigenvalue weighted by atomic mass is 10.1. The predicted octanol–water partition coefficient (Wildman–Crippen LogP) is 3.51. The van der Waals surface area contributed by atoms with E-state index in [0.29, 0.717) is 0 Å². The van der Waals surface area contributed by atoms with Gasteiger partial charge in [0.15, 0.2) is 5.11 Å². The molecule has 0 aliphatic rings. The van der Waals surface area contributed by atoms with Crippen molar-refractivity contribution in [1.82, 2.24) is 5.32 Å². The molecule has 5 heteroatoms. The average molecular weight is 302 g/mol. The van der Waals surface area contributed by atoms with E-state index < -0.39 is 11.7 Å². The lowest BCUT2D eigenvalue weighted by molar-refractivity contribution is 0.0974. The summed E-state index contributed by atoms with van der Waals surface area (Å²) in [5, 5.41) is 5.58. The molecule has 1 amide bonds. The fourth-order valence-electron chi connectivity index (χ4n) is 1.92. The Balaban J connectivity index is 2.05. The number of carbonyl (C=O) groups is 1. The second-order valence-electron chi connectivity index (χ2n) is 4.40. The number of anilines is 1. The van der Waals surface area contributed by atoms with Gasteiger partial charge in [0.05, 0.1) is 5.56 Å². The number of nitrogens with one attached hydrogen (secondary N) is 2. The normalized spacial score (nSPS) is 10.0. The molecule has 2 rings (SSSR count). The molecule has 0 radical (unpaired) electrons. The molecule has 21 heavy (non-hydrogen) atoms. The van der Waals surface area contributed by atoms with Gasteiger partial charge in [-0.2, -0.15) is 0 Å². The van der Waals surface area contributed by atoms with Crippen LogP contribution in [0.4, 0.5) is 10.1 Å². The summed E-state index contributed by atoms with van der Waals surface area (Å²) in [4.78, 5) is 11.9. The van der Waals surface area contributed by atoms with Gasteiger partial charge in [0, 0.05) is 5.69 Å². The highest BCUT2D eigenvalue weighted by Crippen LogP contribution is 2.15. The van der Waals surface area contributed by atoms with Crippen molar-refractivity contribution in [3.05, 3.63) is 65.5 Å². The SMILES string of the molecule is CCc1ccccc1NC(=S)NC(=O)c1ccccc1F. The first kappa shape index (κ1) is 15.1. The first-order valence-corrected chi connectivity index (χ1v) is 6.97. The van der Waals surface area contributed by atoms with Crippen LogP contribution >= 0.6 is 12.2 Å². The predicted molar refractivity (Wildman–Crippen MR) is 85.9 cm³/mol. The van der Waals surface area contributed by atoms with E-state index in [4.69, 9.17) is 12.2 Å². The van der Waals surface area contributed by atoms with Gasteiger partial charge >= 0.3 is 0 Å². The van der Waals surface area contributed by atoms with Crippen LogP contribution in [0.2, 0.25) is 0 Å². The number of rotatable bonds is 3. The molecule has 0 spiro atoms. The summed E-state index contributed by atoms with van der Waals surface area (Å²) >= 11 is 5.10.